The van der Waals surface area contributed by atoms with Crippen molar-refractivity contribution in [1.82, 2.24) is 4.57 Å². The zero-order valence-corrected chi connectivity index (χ0v) is 19.4. The van der Waals surface area contributed by atoms with E-state index in [0.717, 1.165) is 29.0 Å². The fourth-order valence-electron chi connectivity index (χ4n) is 3.98. The van der Waals surface area contributed by atoms with Crippen molar-refractivity contribution in [2.75, 3.05) is 13.2 Å². The first-order chi connectivity index (χ1) is 16.0. The number of ether oxygens (including phenoxy) is 2. The molecule has 33 heavy (non-hydrogen) atoms. The van der Waals surface area contributed by atoms with Gasteiger partial charge in [-0.3, -0.25) is 9.36 Å². The molecular formula is C26H26ClNO5. The van der Waals surface area contributed by atoms with Crippen LogP contribution in [0.3, 0.4) is 0 Å². The molecule has 7 heteroatoms. The first-order valence-corrected chi connectivity index (χ1v) is 11.4. The lowest BCUT2D eigenvalue weighted by molar-refractivity contribution is -0.136. The molecule has 0 bridgehead atoms. The van der Waals surface area contributed by atoms with Crippen LogP contribution in [0, 0.1) is 0 Å². The summed E-state index contributed by atoms with van der Waals surface area (Å²) in [4.78, 5) is 11.1. The van der Waals surface area contributed by atoms with Gasteiger partial charge in [0.05, 0.1) is 41.1 Å². The van der Waals surface area contributed by atoms with E-state index >= 15 is 0 Å². The Kier molecular flexibility index (Phi) is 6.65. The van der Waals surface area contributed by atoms with Gasteiger partial charge in [-0.05, 0) is 30.5 Å². The largest absolute Gasteiger partial charge is 0.494 e. The van der Waals surface area contributed by atoms with Crippen molar-refractivity contribution in [3.63, 3.8) is 0 Å². The molecular weight excluding hydrogens is 442 g/mol. The number of benzene rings is 3. The Labute approximate surface area is 196 Å². The number of carbonyl (C=O) groups is 1. The van der Waals surface area contributed by atoms with E-state index in [1.807, 2.05) is 38.1 Å². The molecule has 0 fully saturated rings. The smallest absolute Gasteiger partial charge is 0.307 e. The molecule has 0 atom stereocenters. The van der Waals surface area contributed by atoms with Gasteiger partial charge in [-0.15, -0.1) is 0 Å². The Morgan fingerprint density at radius 2 is 1.61 bits per heavy atom. The SMILES string of the molecule is CCCOc1c2ccccc2c(OCCC)c2c(O)n(-c3ccc(CC(=O)O)cc3Cl)cc12. The molecule has 4 aromatic rings. The molecule has 4 rings (SSSR count). The summed E-state index contributed by atoms with van der Waals surface area (Å²) in [6, 6.07) is 12.8. The fourth-order valence-corrected chi connectivity index (χ4v) is 4.27. The summed E-state index contributed by atoms with van der Waals surface area (Å²) in [7, 11) is 0. The molecule has 2 N–H and O–H groups in total. The topological polar surface area (TPSA) is 80.9 Å². The number of aromatic hydroxyl groups is 1. The van der Waals surface area contributed by atoms with E-state index in [4.69, 9.17) is 26.2 Å². The summed E-state index contributed by atoms with van der Waals surface area (Å²) in [5, 5.41) is 23.8. The zero-order valence-electron chi connectivity index (χ0n) is 18.6. The van der Waals surface area contributed by atoms with E-state index in [9.17, 15) is 9.90 Å². The predicted octanol–water partition coefficient (Wildman–Crippen LogP) is 6.35. The highest BCUT2D eigenvalue weighted by molar-refractivity contribution is 6.32. The van der Waals surface area contributed by atoms with Gasteiger partial charge in [0, 0.05) is 17.0 Å². The van der Waals surface area contributed by atoms with Crippen LogP contribution in [0.25, 0.3) is 27.2 Å². The maximum absolute atomic E-state index is 11.3. The van der Waals surface area contributed by atoms with Gasteiger partial charge in [0.1, 0.15) is 11.5 Å². The minimum atomic E-state index is -0.935. The van der Waals surface area contributed by atoms with Crippen LogP contribution < -0.4 is 9.47 Å². The summed E-state index contributed by atoms with van der Waals surface area (Å²) in [6.07, 6.45) is 3.32. The summed E-state index contributed by atoms with van der Waals surface area (Å²) in [6.45, 7) is 5.11. The van der Waals surface area contributed by atoms with Gasteiger partial charge in [-0.2, -0.15) is 0 Å². The number of aromatic nitrogens is 1. The van der Waals surface area contributed by atoms with Gasteiger partial charge in [0.15, 0.2) is 0 Å². The number of hydrogen-bond donors (Lipinski definition) is 2. The third-order valence-corrected chi connectivity index (χ3v) is 5.70. The molecule has 0 aliphatic carbocycles. The molecule has 6 nitrogen and oxygen atoms in total. The second-order valence-corrected chi connectivity index (χ2v) is 8.28. The lowest BCUT2D eigenvalue weighted by atomic mass is 10.0. The van der Waals surface area contributed by atoms with Crippen LogP contribution >= 0.6 is 11.6 Å². The molecule has 0 saturated heterocycles. The van der Waals surface area contributed by atoms with E-state index in [-0.39, 0.29) is 12.3 Å². The number of rotatable bonds is 9. The number of halogens is 1. The average Bonchev–Trinajstić information content (AvgIpc) is 3.12. The van der Waals surface area contributed by atoms with Crippen LogP contribution in [0.1, 0.15) is 32.3 Å². The van der Waals surface area contributed by atoms with Gasteiger partial charge < -0.3 is 19.7 Å². The minimum absolute atomic E-state index is 0.0175. The van der Waals surface area contributed by atoms with Crippen LogP contribution in [0.2, 0.25) is 5.02 Å². The number of aliphatic carboxylic acids is 1. The van der Waals surface area contributed by atoms with Crippen molar-refractivity contribution in [1.29, 1.82) is 0 Å². The van der Waals surface area contributed by atoms with Crippen molar-refractivity contribution in [2.24, 2.45) is 0 Å². The quantitative estimate of drug-likeness (QED) is 0.300. The molecule has 172 valence electrons. The highest BCUT2D eigenvalue weighted by Gasteiger charge is 2.24. The molecule has 0 aliphatic rings. The molecule has 3 aromatic carbocycles. The predicted molar refractivity (Wildman–Crippen MR) is 130 cm³/mol. The molecule has 0 saturated carbocycles. The number of nitrogens with zero attached hydrogens (tertiary/aromatic N) is 1. The highest BCUT2D eigenvalue weighted by atomic mass is 35.5. The third-order valence-electron chi connectivity index (χ3n) is 5.40. The van der Waals surface area contributed by atoms with Gasteiger partial charge in [-0.25, -0.2) is 0 Å². The first kappa shape index (κ1) is 22.8. The zero-order chi connectivity index (χ0) is 23.5. The summed E-state index contributed by atoms with van der Waals surface area (Å²) >= 11 is 6.51. The van der Waals surface area contributed by atoms with E-state index in [1.54, 1.807) is 29.0 Å². The molecule has 0 unspecified atom stereocenters. The summed E-state index contributed by atoms with van der Waals surface area (Å²) in [5.74, 6) is 0.326. The maximum Gasteiger partial charge on any atom is 0.307 e. The minimum Gasteiger partial charge on any atom is -0.494 e. The fraction of sp³-hybridized carbons (Fsp3) is 0.269. The Balaban J connectivity index is 2.00. The highest BCUT2D eigenvalue weighted by Crippen LogP contribution is 2.48. The molecule has 0 radical (unpaired) electrons. The lowest BCUT2D eigenvalue weighted by Crippen LogP contribution is -2.01. The van der Waals surface area contributed by atoms with Crippen LogP contribution in [-0.2, 0) is 11.2 Å². The van der Waals surface area contributed by atoms with Crippen molar-refractivity contribution < 1.29 is 24.5 Å². The molecule has 0 aliphatic heterocycles. The number of hydrogen-bond acceptors (Lipinski definition) is 4. The lowest BCUT2D eigenvalue weighted by Gasteiger charge is -2.15. The maximum atomic E-state index is 11.3. The summed E-state index contributed by atoms with van der Waals surface area (Å²) in [5.41, 5.74) is 1.11. The first-order valence-electron chi connectivity index (χ1n) is 11.0. The van der Waals surface area contributed by atoms with Crippen molar-refractivity contribution >= 4 is 39.1 Å². The van der Waals surface area contributed by atoms with E-state index < -0.39 is 5.97 Å². The summed E-state index contributed by atoms with van der Waals surface area (Å²) < 4.78 is 13.9. The van der Waals surface area contributed by atoms with Crippen molar-refractivity contribution in [2.45, 2.75) is 33.1 Å². The van der Waals surface area contributed by atoms with Gasteiger partial charge in [-0.1, -0.05) is 55.8 Å². The molecule has 0 amide bonds. The average molecular weight is 468 g/mol. The van der Waals surface area contributed by atoms with Gasteiger partial charge >= 0.3 is 5.97 Å². The van der Waals surface area contributed by atoms with E-state index in [0.29, 0.717) is 46.4 Å². The van der Waals surface area contributed by atoms with Crippen LogP contribution in [0.4, 0.5) is 0 Å². The van der Waals surface area contributed by atoms with Crippen LogP contribution in [0.5, 0.6) is 17.4 Å². The normalized spacial score (nSPS) is 11.2. The Morgan fingerprint density at radius 3 is 2.21 bits per heavy atom. The van der Waals surface area contributed by atoms with Crippen molar-refractivity contribution in [3.05, 3.63) is 59.2 Å². The van der Waals surface area contributed by atoms with Crippen LogP contribution in [-0.4, -0.2) is 34.0 Å². The number of carboxylic acid groups (broad SMARTS) is 1. The monoisotopic (exact) mass is 467 g/mol. The van der Waals surface area contributed by atoms with Gasteiger partial charge in [0.25, 0.3) is 0 Å². The third kappa shape index (κ3) is 4.31. The standard InChI is InChI=1S/C26H26ClNO5/c1-3-11-32-24-17-7-5-6-8-18(17)25(33-12-4-2)23-19(24)15-28(26(23)31)21-10-9-16(13-20(21)27)14-22(29)30/h5-10,13,15,31H,3-4,11-12,14H2,1-2H3,(H,29,30). The van der Waals surface area contributed by atoms with Crippen LogP contribution in [0.15, 0.2) is 48.7 Å². The Morgan fingerprint density at radius 1 is 0.970 bits per heavy atom. The Hall–Kier alpha value is -3.38. The Bertz CT molecular complexity index is 1330. The second-order valence-electron chi connectivity index (χ2n) is 7.87. The second kappa shape index (κ2) is 9.63. The van der Waals surface area contributed by atoms with Crippen molar-refractivity contribution in [3.8, 4) is 23.1 Å². The molecule has 1 heterocycles. The van der Waals surface area contributed by atoms with Gasteiger partial charge in [0.2, 0.25) is 5.88 Å². The molecule has 1 aromatic heterocycles. The van der Waals surface area contributed by atoms with E-state index in [2.05, 4.69) is 0 Å². The number of carboxylic acids is 1. The van der Waals surface area contributed by atoms with E-state index in [1.165, 1.54) is 0 Å². The molecule has 0 spiro atoms. The number of fused-ring (bicyclic) bond motifs is 2.